The summed E-state index contributed by atoms with van der Waals surface area (Å²) >= 11 is 0. The van der Waals surface area contributed by atoms with Gasteiger partial charge in [0, 0.05) is 6.42 Å². The molecule has 2 aromatic rings. The van der Waals surface area contributed by atoms with Gasteiger partial charge in [-0.25, -0.2) is 9.13 Å². The van der Waals surface area contributed by atoms with Gasteiger partial charge in [0.1, 0.15) is 18.9 Å². The van der Waals surface area contributed by atoms with Crippen molar-refractivity contribution in [3.8, 4) is 0 Å². The van der Waals surface area contributed by atoms with Crippen LogP contribution in [0.5, 0.6) is 0 Å². The maximum atomic E-state index is 2.49. The van der Waals surface area contributed by atoms with Crippen molar-refractivity contribution in [2.24, 2.45) is 0 Å². The Morgan fingerprint density at radius 2 is 1.61 bits per heavy atom. The fraction of sp³-hybridized carbons (Fsp3) is 0.571. The molecule has 1 aromatic carbocycles. The monoisotopic (exact) mass is 313 g/mol. The van der Waals surface area contributed by atoms with E-state index in [1.165, 1.54) is 69.3 Å². The molecule has 0 unspecified atom stereocenters. The molecule has 0 aliphatic rings. The average molecular weight is 314 g/mol. The van der Waals surface area contributed by atoms with Crippen LogP contribution in [0.1, 0.15) is 70.2 Å². The molecule has 0 aliphatic heterocycles. The van der Waals surface area contributed by atoms with E-state index in [0.29, 0.717) is 0 Å². The van der Waals surface area contributed by atoms with Crippen molar-refractivity contribution >= 4 is 0 Å². The van der Waals surface area contributed by atoms with E-state index in [1.807, 2.05) is 0 Å². The smallest absolute Gasteiger partial charge is 0.234 e. The van der Waals surface area contributed by atoms with Crippen molar-refractivity contribution in [1.82, 2.24) is 4.57 Å². The standard InChI is InChI=1S/C21H33N2/c1-3-5-7-11-15-21-22(16-12-6-4-2)17-18-23(21)19-20-13-9-8-10-14-20/h8-10,13-14,17-18H,3-7,11-12,15-16,19H2,1-2H3/q+1. The van der Waals surface area contributed by atoms with E-state index in [-0.39, 0.29) is 0 Å². The first-order valence-corrected chi connectivity index (χ1v) is 9.46. The molecule has 0 amide bonds. The van der Waals surface area contributed by atoms with Crippen molar-refractivity contribution in [3.05, 3.63) is 54.1 Å². The average Bonchev–Trinajstić information content (AvgIpc) is 2.95. The van der Waals surface area contributed by atoms with Crippen molar-refractivity contribution in [2.75, 3.05) is 0 Å². The Labute approximate surface area is 142 Å². The van der Waals surface area contributed by atoms with E-state index in [4.69, 9.17) is 0 Å². The molecule has 0 radical (unpaired) electrons. The normalized spacial score (nSPS) is 11.0. The number of unbranched alkanes of at least 4 members (excludes halogenated alkanes) is 5. The highest BCUT2D eigenvalue weighted by Gasteiger charge is 2.16. The fourth-order valence-corrected chi connectivity index (χ4v) is 3.15. The molecule has 23 heavy (non-hydrogen) atoms. The Morgan fingerprint density at radius 3 is 2.35 bits per heavy atom. The molecule has 0 atom stereocenters. The maximum absolute atomic E-state index is 2.49. The molecular formula is C21H33N2+. The van der Waals surface area contributed by atoms with E-state index in [9.17, 15) is 0 Å². The summed E-state index contributed by atoms with van der Waals surface area (Å²) in [4.78, 5) is 0. The summed E-state index contributed by atoms with van der Waals surface area (Å²) in [5.41, 5.74) is 1.39. The van der Waals surface area contributed by atoms with Crippen LogP contribution in [0.2, 0.25) is 0 Å². The van der Waals surface area contributed by atoms with Gasteiger partial charge in [-0.15, -0.1) is 0 Å². The molecule has 0 saturated heterocycles. The lowest BCUT2D eigenvalue weighted by molar-refractivity contribution is -0.695. The van der Waals surface area contributed by atoms with Crippen LogP contribution < -0.4 is 4.57 Å². The van der Waals surface area contributed by atoms with Gasteiger partial charge < -0.3 is 0 Å². The molecule has 0 fully saturated rings. The van der Waals surface area contributed by atoms with Crippen molar-refractivity contribution in [3.63, 3.8) is 0 Å². The first kappa shape index (κ1) is 17.8. The lowest BCUT2D eigenvalue weighted by Crippen LogP contribution is -2.37. The Kier molecular flexibility index (Phi) is 7.92. The van der Waals surface area contributed by atoms with Crippen molar-refractivity contribution in [2.45, 2.75) is 78.3 Å². The van der Waals surface area contributed by atoms with Gasteiger partial charge in [0.15, 0.2) is 0 Å². The minimum atomic E-state index is 0.991. The minimum Gasteiger partial charge on any atom is -0.234 e. The summed E-state index contributed by atoms with van der Waals surface area (Å²) in [7, 11) is 0. The van der Waals surface area contributed by atoms with Crippen molar-refractivity contribution in [1.29, 1.82) is 0 Å². The molecule has 2 nitrogen and oxygen atoms in total. The molecule has 0 N–H and O–H groups in total. The van der Waals surface area contributed by atoms with E-state index < -0.39 is 0 Å². The van der Waals surface area contributed by atoms with Crippen LogP contribution in [0.15, 0.2) is 42.7 Å². The van der Waals surface area contributed by atoms with Crippen LogP contribution in [0.25, 0.3) is 0 Å². The highest BCUT2D eigenvalue weighted by molar-refractivity contribution is 5.13. The summed E-state index contributed by atoms with van der Waals surface area (Å²) in [6.07, 6.45) is 15.0. The summed E-state index contributed by atoms with van der Waals surface area (Å²) in [6.45, 7) is 6.71. The van der Waals surface area contributed by atoms with Crippen LogP contribution in [-0.4, -0.2) is 4.57 Å². The van der Waals surface area contributed by atoms with Crippen LogP contribution in [0, 0.1) is 0 Å². The third-order valence-electron chi connectivity index (χ3n) is 4.54. The maximum Gasteiger partial charge on any atom is 0.256 e. The van der Waals surface area contributed by atoms with Crippen LogP contribution in [0.3, 0.4) is 0 Å². The van der Waals surface area contributed by atoms with Gasteiger partial charge in [0.05, 0.1) is 6.54 Å². The number of hydrogen-bond donors (Lipinski definition) is 0. The third kappa shape index (κ3) is 5.85. The SMILES string of the molecule is CCCCCCc1n(CCCCC)cc[n+]1Cc1ccccc1. The summed E-state index contributed by atoms with van der Waals surface area (Å²) in [5, 5.41) is 0. The first-order chi connectivity index (χ1) is 11.3. The van der Waals surface area contributed by atoms with E-state index in [1.54, 1.807) is 0 Å². The van der Waals surface area contributed by atoms with E-state index in [0.717, 1.165) is 6.54 Å². The fourth-order valence-electron chi connectivity index (χ4n) is 3.15. The molecule has 0 bridgehead atoms. The molecule has 0 aliphatic carbocycles. The lowest BCUT2D eigenvalue weighted by atomic mass is 10.1. The van der Waals surface area contributed by atoms with Crippen molar-refractivity contribution < 1.29 is 4.57 Å². The van der Waals surface area contributed by atoms with E-state index >= 15 is 0 Å². The van der Waals surface area contributed by atoms with Gasteiger partial charge in [0.2, 0.25) is 0 Å². The minimum absolute atomic E-state index is 0.991. The van der Waals surface area contributed by atoms with Gasteiger partial charge >= 0.3 is 0 Å². The molecule has 0 spiro atoms. The quantitative estimate of drug-likeness (QED) is 0.401. The molecular weight excluding hydrogens is 280 g/mol. The van der Waals surface area contributed by atoms with Gasteiger partial charge in [-0.3, -0.25) is 0 Å². The van der Waals surface area contributed by atoms with Gasteiger partial charge in [0.25, 0.3) is 5.82 Å². The largest absolute Gasteiger partial charge is 0.256 e. The Balaban J connectivity index is 2.05. The Morgan fingerprint density at radius 1 is 0.870 bits per heavy atom. The van der Waals surface area contributed by atoms with Gasteiger partial charge in [-0.2, -0.15) is 0 Å². The zero-order valence-corrected chi connectivity index (χ0v) is 15.0. The number of aromatic nitrogens is 2. The number of rotatable bonds is 11. The molecule has 0 saturated carbocycles. The number of imidazole rings is 1. The highest BCUT2D eigenvalue weighted by Crippen LogP contribution is 2.09. The predicted octanol–water partition coefficient (Wildman–Crippen LogP) is 5.14. The number of aryl methyl sites for hydroxylation is 1. The molecule has 2 heteroatoms. The first-order valence-electron chi connectivity index (χ1n) is 9.46. The van der Waals surface area contributed by atoms with Gasteiger partial charge in [-0.05, 0) is 24.8 Å². The zero-order chi connectivity index (χ0) is 16.3. The molecule has 2 rings (SSSR count). The summed E-state index contributed by atoms with van der Waals surface area (Å²) in [5.74, 6) is 1.50. The van der Waals surface area contributed by atoms with E-state index in [2.05, 4.69) is 65.7 Å². The molecule has 1 heterocycles. The lowest BCUT2D eigenvalue weighted by Gasteiger charge is -2.06. The molecule has 1 aromatic heterocycles. The summed E-state index contributed by atoms with van der Waals surface area (Å²) in [6, 6.07) is 10.8. The number of benzene rings is 1. The van der Waals surface area contributed by atoms with Gasteiger partial charge in [-0.1, -0.05) is 69.9 Å². The Hall–Kier alpha value is -1.57. The second kappa shape index (κ2) is 10.3. The molecule has 126 valence electrons. The zero-order valence-electron chi connectivity index (χ0n) is 15.0. The van der Waals surface area contributed by atoms with Crippen LogP contribution >= 0.6 is 0 Å². The number of hydrogen-bond acceptors (Lipinski definition) is 0. The highest BCUT2D eigenvalue weighted by atomic mass is 15.1. The second-order valence-corrected chi connectivity index (χ2v) is 6.54. The third-order valence-corrected chi connectivity index (χ3v) is 4.54. The summed E-state index contributed by atoms with van der Waals surface area (Å²) < 4.78 is 4.94. The second-order valence-electron chi connectivity index (χ2n) is 6.54. The topological polar surface area (TPSA) is 8.81 Å². The van der Waals surface area contributed by atoms with Crippen LogP contribution in [0.4, 0.5) is 0 Å². The Bertz CT molecular complexity index is 542. The number of nitrogens with zero attached hydrogens (tertiary/aromatic N) is 2. The van der Waals surface area contributed by atoms with Crippen LogP contribution in [-0.2, 0) is 19.5 Å². The predicted molar refractivity (Wildman–Crippen MR) is 97.5 cm³/mol.